The van der Waals surface area contributed by atoms with E-state index in [0.29, 0.717) is 5.82 Å². The molecule has 0 saturated carbocycles. The largest absolute Gasteiger partial charge is 0.465 e. The predicted molar refractivity (Wildman–Crippen MR) is 84.1 cm³/mol. The van der Waals surface area contributed by atoms with Crippen molar-refractivity contribution < 1.29 is 9.90 Å². The van der Waals surface area contributed by atoms with Crippen molar-refractivity contribution in [1.29, 1.82) is 0 Å². The summed E-state index contributed by atoms with van der Waals surface area (Å²) >= 11 is 1.67. The second kappa shape index (κ2) is 6.22. The number of carbonyl (C=O) groups is 1. The minimum Gasteiger partial charge on any atom is -0.465 e. The Hall–Kier alpha value is -1.95. The fourth-order valence-corrected chi connectivity index (χ4v) is 2.85. The van der Waals surface area contributed by atoms with Crippen molar-refractivity contribution in [1.82, 2.24) is 9.97 Å². The Balaban J connectivity index is 2.00. The van der Waals surface area contributed by atoms with Crippen molar-refractivity contribution >= 4 is 23.2 Å². The Morgan fingerprint density at radius 3 is 2.76 bits per heavy atom. The van der Waals surface area contributed by atoms with Crippen molar-refractivity contribution in [2.24, 2.45) is 0 Å². The van der Waals surface area contributed by atoms with Crippen LogP contribution in [0.15, 0.2) is 23.7 Å². The van der Waals surface area contributed by atoms with Gasteiger partial charge in [-0.1, -0.05) is 20.8 Å². The van der Waals surface area contributed by atoms with Gasteiger partial charge in [-0.15, -0.1) is 11.3 Å². The molecule has 0 fully saturated rings. The highest BCUT2D eigenvalue weighted by Gasteiger charge is 2.17. The Kier molecular flexibility index (Phi) is 4.57. The quantitative estimate of drug-likeness (QED) is 0.903. The third kappa shape index (κ3) is 4.53. The number of aryl methyl sites for hydroxylation is 2. The maximum Gasteiger partial charge on any atom is 0.410 e. The highest BCUT2D eigenvalue weighted by atomic mass is 32.1. The summed E-state index contributed by atoms with van der Waals surface area (Å²) < 4.78 is 0. The van der Waals surface area contributed by atoms with E-state index in [-0.39, 0.29) is 5.41 Å². The monoisotopic (exact) mass is 305 g/mol. The van der Waals surface area contributed by atoms with Gasteiger partial charge in [-0.05, 0) is 24.1 Å². The lowest BCUT2D eigenvalue weighted by Crippen LogP contribution is -2.11. The molecular formula is C15H19N3O2S. The van der Waals surface area contributed by atoms with Crippen LogP contribution in [0.1, 0.15) is 37.0 Å². The molecule has 0 aliphatic heterocycles. The molecule has 112 valence electrons. The number of rotatable bonds is 4. The van der Waals surface area contributed by atoms with Gasteiger partial charge in [-0.25, -0.2) is 14.8 Å². The van der Waals surface area contributed by atoms with Gasteiger partial charge >= 0.3 is 6.09 Å². The number of aromatic nitrogens is 2. The molecule has 2 aromatic rings. The van der Waals surface area contributed by atoms with Gasteiger partial charge in [0.15, 0.2) is 0 Å². The molecule has 0 aliphatic rings. The van der Waals surface area contributed by atoms with E-state index >= 15 is 0 Å². The molecule has 5 nitrogen and oxygen atoms in total. The molecule has 0 bridgehead atoms. The number of nitrogens with zero attached hydrogens (tertiary/aromatic N) is 2. The van der Waals surface area contributed by atoms with Gasteiger partial charge in [-0.3, -0.25) is 5.32 Å². The molecule has 0 radical (unpaired) electrons. The van der Waals surface area contributed by atoms with Gasteiger partial charge in [0.25, 0.3) is 0 Å². The molecule has 21 heavy (non-hydrogen) atoms. The Labute approximate surface area is 128 Å². The first-order chi connectivity index (χ1) is 9.84. The van der Waals surface area contributed by atoms with Gasteiger partial charge in [0.1, 0.15) is 5.82 Å². The first-order valence-electron chi connectivity index (χ1n) is 6.74. The zero-order valence-electron chi connectivity index (χ0n) is 12.4. The molecular weight excluding hydrogens is 286 g/mol. The maximum absolute atomic E-state index is 10.6. The third-order valence-corrected chi connectivity index (χ3v) is 3.92. The molecule has 0 saturated heterocycles. The van der Waals surface area contributed by atoms with Crippen LogP contribution in [0.25, 0.3) is 0 Å². The van der Waals surface area contributed by atoms with E-state index in [0.717, 1.165) is 29.1 Å². The zero-order valence-corrected chi connectivity index (χ0v) is 13.2. The van der Waals surface area contributed by atoms with Crippen LogP contribution < -0.4 is 5.32 Å². The van der Waals surface area contributed by atoms with Crippen molar-refractivity contribution in [3.05, 3.63) is 40.0 Å². The van der Waals surface area contributed by atoms with Gasteiger partial charge in [0.2, 0.25) is 0 Å². The SMILES string of the molecule is CC(C)(C)c1csc(CCc2ccnc(NC(=O)O)c2)n1. The van der Waals surface area contributed by atoms with Crippen LogP contribution in [0.4, 0.5) is 10.6 Å². The molecule has 0 aliphatic carbocycles. The van der Waals surface area contributed by atoms with Crippen LogP contribution >= 0.6 is 11.3 Å². The molecule has 0 spiro atoms. The summed E-state index contributed by atoms with van der Waals surface area (Å²) in [5, 5.41) is 14.2. The first kappa shape index (κ1) is 15.4. The molecule has 2 heterocycles. The lowest BCUT2D eigenvalue weighted by molar-refractivity contribution is 0.209. The smallest absolute Gasteiger partial charge is 0.410 e. The second-order valence-electron chi connectivity index (χ2n) is 5.86. The summed E-state index contributed by atoms with van der Waals surface area (Å²) in [7, 11) is 0. The Bertz CT molecular complexity index is 632. The third-order valence-electron chi connectivity index (χ3n) is 3.01. The molecule has 2 aromatic heterocycles. The number of hydrogen-bond acceptors (Lipinski definition) is 4. The van der Waals surface area contributed by atoms with E-state index < -0.39 is 6.09 Å². The summed E-state index contributed by atoms with van der Waals surface area (Å²) in [5.41, 5.74) is 2.23. The Morgan fingerprint density at radius 2 is 2.14 bits per heavy atom. The van der Waals surface area contributed by atoms with Crippen molar-refractivity contribution in [2.45, 2.75) is 39.0 Å². The maximum atomic E-state index is 10.6. The molecule has 6 heteroatoms. The van der Waals surface area contributed by atoms with Crippen LogP contribution in [0.5, 0.6) is 0 Å². The molecule has 0 aromatic carbocycles. The number of anilines is 1. The Morgan fingerprint density at radius 1 is 1.38 bits per heavy atom. The lowest BCUT2D eigenvalue weighted by Gasteiger charge is -2.14. The average Bonchev–Trinajstić information content (AvgIpc) is 2.84. The number of amides is 1. The van der Waals surface area contributed by atoms with Gasteiger partial charge in [0.05, 0.1) is 10.7 Å². The number of thiazole rings is 1. The van der Waals surface area contributed by atoms with E-state index in [1.54, 1.807) is 23.6 Å². The van der Waals surface area contributed by atoms with Crippen molar-refractivity contribution in [3.8, 4) is 0 Å². The summed E-state index contributed by atoms with van der Waals surface area (Å²) in [5.74, 6) is 0.356. The van der Waals surface area contributed by atoms with E-state index in [9.17, 15) is 4.79 Å². The molecule has 2 rings (SSSR count). The van der Waals surface area contributed by atoms with Crippen LogP contribution in [0.3, 0.4) is 0 Å². The van der Waals surface area contributed by atoms with Gasteiger partial charge in [0, 0.05) is 23.4 Å². The molecule has 2 N–H and O–H groups in total. The summed E-state index contributed by atoms with van der Waals surface area (Å²) in [6.45, 7) is 6.45. The first-order valence-corrected chi connectivity index (χ1v) is 7.62. The standard InChI is InChI=1S/C15H19N3O2S/c1-15(2,3)11-9-21-13(17-11)5-4-10-6-7-16-12(8-10)18-14(19)20/h6-9H,4-5H2,1-3H3,(H,16,18)(H,19,20). The molecule has 0 unspecified atom stereocenters. The van der Waals surface area contributed by atoms with E-state index in [4.69, 9.17) is 5.11 Å². The van der Waals surface area contributed by atoms with Crippen LogP contribution in [0, 0.1) is 0 Å². The van der Waals surface area contributed by atoms with Crippen LogP contribution in [-0.4, -0.2) is 21.2 Å². The highest BCUT2D eigenvalue weighted by molar-refractivity contribution is 7.09. The fourth-order valence-electron chi connectivity index (χ4n) is 1.83. The number of pyridine rings is 1. The van der Waals surface area contributed by atoms with Gasteiger partial charge in [-0.2, -0.15) is 0 Å². The normalized spacial score (nSPS) is 11.4. The predicted octanol–water partition coefficient (Wildman–Crippen LogP) is 3.71. The topological polar surface area (TPSA) is 75.1 Å². The minimum absolute atomic E-state index is 0.0734. The fraction of sp³-hybridized carbons (Fsp3) is 0.400. The van der Waals surface area contributed by atoms with Gasteiger partial charge < -0.3 is 5.11 Å². The zero-order chi connectivity index (χ0) is 15.5. The average molecular weight is 305 g/mol. The highest BCUT2D eigenvalue weighted by Crippen LogP contribution is 2.24. The van der Waals surface area contributed by atoms with E-state index in [1.807, 2.05) is 6.07 Å². The summed E-state index contributed by atoms with van der Waals surface area (Å²) in [6, 6.07) is 3.65. The molecule has 0 atom stereocenters. The summed E-state index contributed by atoms with van der Waals surface area (Å²) in [4.78, 5) is 19.2. The van der Waals surface area contributed by atoms with E-state index in [1.165, 1.54) is 0 Å². The summed E-state index contributed by atoms with van der Waals surface area (Å²) in [6.07, 6.45) is 2.17. The van der Waals surface area contributed by atoms with Crippen LogP contribution in [0.2, 0.25) is 0 Å². The van der Waals surface area contributed by atoms with Crippen LogP contribution in [-0.2, 0) is 18.3 Å². The van der Waals surface area contributed by atoms with Crippen molar-refractivity contribution in [2.75, 3.05) is 5.32 Å². The minimum atomic E-state index is -1.10. The number of nitrogens with one attached hydrogen (secondary N) is 1. The van der Waals surface area contributed by atoms with E-state index in [2.05, 4.69) is 41.4 Å². The lowest BCUT2D eigenvalue weighted by atomic mass is 9.93. The molecule has 1 amide bonds. The second-order valence-corrected chi connectivity index (χ2v) is 6.80. The van der Waals surface area contributed by atoms with Crippen molar-refractivity contribution in [3.63, 3.8) is 0 Å². The number of carboxylic acid groups (broad SMARTS) is 1. The number of hydrogen-bond donors (Lipinski definition) is 2.